The molecular formula is C13H16ClIN2O. The van der Waals surface area contributed by atoms with Crippen LogP contribution in [0.25, 0.3) is 0 Å². The third-order valence-electron chi connectivity index (χ3n) is 3.35. The number of amides is 1. The largest absolute Gasteiger partial charge is 0.350 e. The maximum Gasteiger partial charge on any atom is 0.251 e. The quantitative estimate of drug-likeness (QED) is 0.820. The smallest absolute Gasteiger partial charge is 0.251 e. The number of rotatable bonds is 3. The Balaban J connectivity index is 1.93. The minimum atomic E-state index is -0.0476. The van der Waals surface area contributed by atoms with Crippen LogP contribution in [0.3, 0.4) is 0 Å². The number of hydrogen-bond acceptors (Lipinski definition) is 2. The van der Waals surface area contributed by atoms with Gasteiger partial charge in [-0.2, -0.15) is 0 Å². The molecule has 0 aliphatic carbocycles. The molecule has 1 saturated heterocycles. The summed E-state index contributed by atoms with van der Waals surface area (Å²) in [5.74, 6) is -0.0476. The molecule has 0 aromatic heterocycles. The SMILES string of the molecule is CN1CCCC1CNC(=O)c1ccc(I)c(Cl)c1. The number of nitrogens with one attached hydrogen (secondary N) is 1. The number of carbonyl (C=O) groups excluding carboxylic acids is 1. The lowest BCUT2D eigenvalue weighted by atomic mass is 10.2. The fourth-order valence-corrected chi connectivity index (χ4v) is 2.70. The molecule has 1 aromatic rings. The lowest BCUT2D eigenvalue weighted by Crippen LogP contribution is -2.38. The zero-order chi connectivity index (χ0) is 13.1. The Hall–Kier alpha value is -0.330. The molecule has 1 unspecified atom stereocenters. The van der Waals surface area contributed by atoms with Crippen molar-refractivity contribution in [2.24, 2.45) is 0 Å². The van der Waals surface area contributed by atoms with Crippen molar-refractivity contribution in [1.29, 1.82) is 0 Å². The number of likely N-dealkylation sites (N-methyl/N-ethyl adjacent to an activating group) is 1. The fraction of sp³-hybridized carbons (Fsp3) is 0.462. The third kappa shape index (κ3) is 3.36. The summed E-state index contributed by atoms with van der Waals surface area (Å²) in [5, 5.41) is 3.60. The average Bonchev–Trinajstić information content (AvgIpc) is 2.75. The van der Waals surface area contributed by atoms with Gasteiger partial charge in [-0.25, -0.2) is 0 Å². The molecule has 1 aromatic carbocycles. The first-order chi connectivity index (χ1) is 8.58. The van der Waals surface area contributed by atoms with Crippen LogP contribution in [-0.4, -0.2) is 37.0 Å². The summed E-state index contributed by atoms with van der Waals surface area (Å²) >= 11 is 8.16. The Kier molecular flexibility index (Phi) is 4.86. The van der Waals surface area contributed by atoms with E-state index in [0.717, 1.165) is 16.5 Å². The molecule has 98 valence electrons. The highest BCUT2D eigenvalue weighted by Gasteiger charge is 2.21. The summed E-state index contributed by atoms with van der Waals surface area (Å²) in [7, 11) is 2.10. The van der Waals surface area contributed by atoms with E-state index in [1.807, 2.05) is 6.07 Å². The van der Waals surface area contributed by atoms with Crippen molar-refractivity contribution < 1.29 is 4.79 Å². The third-order valence-corrected chi connectivity index (χ3v) is 4.92. The van der Waals surface area contributed by atoms with Gasteiger partial charge in [0, 0.05) is 21.7 Å². The zero-order valence-corrected chi connectivity index (χ0v) is 13.2. The van der Waals surface area contributed by atoms with Crippen molar-refractivity contribution in [3.63, 3.8) is 0 Å². The highest BCUT2D eigenvalue weighted by atomic mass is 127. The highest BCUT2D eigenvalue weighted by molar-refractivity contribution is 14.1. The number of hydrogen-bond donors (Lipinski definition) is 1. The molecule has 1 aliphatic rings. The zero-order valence-electron chi connectivity index (χ0n) is 10.2. The molecule has 1 amide bonds. The lowest BCUT2D eigenvalue weighted by Gasteiger charge is -2.19. The van der Waals surface area contributed by atoms with Gasteiger partial charge >= 0.3 is 0 Å². The molecule has 0 radical (unpaired) electrons. The summed E-state index contributed by atoms with van der Waals surface area (Å²) in [6.45, 7) is 1.83. The van der Waals surface area contributed by atoms with E-state index in [4.69, 9.17) is 11.6 Å². The summed E-state index contributed by atoms with van der Waals surface area (Å²) in [5.41, 5.74) is 0.626. The van der Waals surface area contributed by atoms with Gasteiger partial charge in [0.05, 0.1) is 5.02 Å². The number of carbonyl (C=O) groups is 1. The Bertz CT molecular complexity index is 453. The van der Waals surface area contributed by atoms with Gasteiger partial charge in [0.1, 0.15) is 0 Å². The van der Waals surface area contributed by atoms with E-state index < -0.39 is 0 Å². The van der Waals surface area contributed by atoms with Crippen molar-refractivity contribution in [2.75, 3.05) is 20.1 Å². The standard InChI is InChI=1S/C13H16ClIN2O/c1-17-6-2-3-10(17)8-16-13(18)9-4-5-12(15)11(14)7-9/h4-5,7,10H,2-3,6,8H2,1H3,(H,16,18). The summed E-state index contributed by atoms with van der Waals surface area (Å²) in [6.07, 6.45) is 2.37. The van der Waals surface area contributed by atoms with Crippen LogP contribution >= 0.6 is 34.2 Å². The molecule has 1 N–H and O–H groups in total. The molecular weight excluding hydrogens is 363 g/mol. The van der Waals surface area contributed by atoms with Gasteiger partial charge in [0.25, 0.3) is 5.91 Å². The molecule has 1 aliphatic heterocycles. The molecule has 0 bridgehead atoms. The number of benzene rings is 1. The van der Waals surface area contributed by atoms with Crippen LogP contribution in [0.5, 0.6) is 0 Å². The van der Waals surface area contributed by atoms with Gasteiger partial charge in [-0.1, -0.05) is 11.6 Å². The van der Waals surface area contributed by atoms with Gasteiger partial charge < -0.3 is 10.2 Å². The molecule has 1 fully saturated rings. The Morgan fingerprint density at radius 3 is 3.00 bits per heavy atom. The predicted molar refractivity (Wildman–Crippen MR) is 82.2 cm³/mol. The van der Waals surface area contributed by atoms with Gasteiger partial charge in [-0.05, 0) is 67.2 Å². The molecule has 2 rings (SSSR count). The first-order valence-electron chi connectivity index (χ1n) is 6.01. The van der Waals surface area contributed by atoms with Crippen LogP contribution in [-0.2, 0) is 0 Å². The van der Waals surface area contributed by atoms with Crippen molar-refractivity contribution >= 4 is 40.1 Å². The monoisotopic (exact) mass is 378 g/mol. The van der Waals surface area contributed by atoms with Gasteiger partial charge in [-0.15, -0.1) is 0 Å². The second-order valence-corrected chi connectivity index (χ2v) is 6.18. The summed E-state index contributed by atoms with van der Waals surface area (Å²) in [4.78, 5) is 14.3. The molecule has 18 heavy (non-hydrogen) atoms. The van der Waals surface area contributed by atoms with E-state index >= 15 is 0 Å². The van der Waals surface area contributed by atoms with E-state index in [9.17, 15) is 4.79 Å². The van der Waals surface area contributed by atoms with E-state index in [2.05, 4.69) is 39.9 Å². The summed E-state index contributed by atoms with van der Waals surface area (Å²) < 4.78 is 0.960. The van der Waals surface area contributed by atoms with E-state index in [-0.39, 0.29) is 5.91 Å². The molecule has 1 heterocycles. The van der Waals surface area contributed by atoms with Gasteiger partial charge in [0.2, 0.25) is 0 Å². The van der Waals surface area contributed by atoms with Crippen molar-refractivity contribution in [2.45, 2.75) is 18.9 Å². The number of nitrogens with zero attached hydrogens (tertiary/aromatic N) is 1. The molecule has 0 spiro atoms. The molecule has 0 saturated carbocycles. The minimum absolute atomic E-state index is 0.0476. The second-order valence-electron chi connectivity index (χ2n) is 4.62. The maximum atomic E-state index is 12.0. The van der Waals surface area contributed by atoms with Crippen LogP contribution in [0.15, 0.2) is 18.2 Å². The first-order valence-corrected chi connectivity index (χ1v) is 7.47. The maximum absolute atomic E-state index is 12.0. The molecule has 5 heteroatoms. The average molecular weight is 379 g/mol. The van der Waals surface area contributed by atoms with Crippen LogP contribution < -0.4 is 5.32 Å². The summed E-state index contributed by atoms with van der Waals surface area (Å²) in [6, 6.07) is 5.85. The van der Waals surface area contributed by atoms with Crippen LogP contribution in [0.4, 0.5) is 0 Å². The van der Waals surface area contributed by atoms with E-state index in [1.165, 1.54) is 6.42 Å². The van der Waals surface area contributed by atoms with E-state index in [0.29, 0.717) is 23.2 Å². The fourth-order valence-electron chi connectivity index (χ4n) is 2.19. The second kappa shape index (κ2) is 6.21. The lowest BCUT2D eigenvalue weighted by molar-refractivity contribution is 0.0943. The van der Waals surface area contributed by atoms with Crippen molar-refractivity contribution in [3.05, 3.63) is 32.4 Å². The van der Waals surface area contributed by atoms with Gasteiger partial charge in [-0.3, -0.25) is 4.79 Å². The molecule has 1 atom stereocenters. The number of halogens is 2. The van der Waals surface area contributed by atoms with Crippen LogP contribution in [0.2, 0.25) is 5.02 Å². The van der Waals surface area contributed by atoms with Crippen molar-refractivity contribution in [1.82, 2.24) is 10.2 Å². The minimum Gasteiger partial charge on any atom is -0.350 e. The molecule has 3 nitrogen and oxygen atoms in total. The number of likely N-dealkylation sites (tertiary alicyclic amines) is 1. The van der Waals surface area contributed by atoms with Crippen LogP contribution in [0.1, 0.15) is 23.2 Å². The Labute approximate surface area is 126 Å². The van der Waals surface area contributed by atoms with Crippen LogP contribution in [0, 0.1) is 3.57 Å². The topological polar surface area (TPSA) is 32.3 Å². The highest BCUT2D eigenvalue weighted by Crippen LogP contribution is 2.19. The normalized spacial score (nSPS) is 20.1. The predicted octanol–water partition coefficient (Wildman–Crippen LogP) is 2.77. The Morgan fingerprint density at radius 1 is 1.61 bits per heavy atom. The van der Waals surface area contributed by atoms with Gasteiger partial charge in [0.15, 0.2) is 0 Å². The first kappa shape index (κ1) is 14.1. The Morgan fingerprint density at radius 2 is 2.39 bits per heavy atom. The van der Waals surface area contributed by atoms with Crippen molar-refractivity contribution in [3.8, 4) is 0 Å². The van der Waals surface area contributed by atoms with E-state index in [1.54, 1.807) is 12.1 Å².